The second-order valence-corrected chi connectivity index (χ2v) is 4.98. The summed E-state index contributed by atoms with van der Waals surface area (Å²) in [6, 6.07) is 4.88. The van der Waals surface area contributed by atoms with Gasteiger partial charge in [0.15, 0.2) is 0 Å². The molecule has 1 rings (SSSR count). The highest BCUT2D eigenvalue weighted by atomic mass is 79.9. The predicted molar refractivity (Wildman–Crippen MR) is 68.6 cm³/mol. The molecule has 0 saturated carbocycles. The number of hydrogen-bond donors (Lipinski definition) is 4. The zero-order chi connectivity index (χ0) is 13.1. The molecule has 0 aliphatic heterocycles. The number of rotatable bonds is 4. The number of nitrogens with one attached hydrogen (secondary N) is 1. The number of anilines is 1. The third kappa shape index (κ3) is 3.42. The molecule has 5 nitrogen and oxygen atoms in total. The molecule has 0 bridgehead atoms. The first-order valence-electron chi connectivity index (χ1n) is 5.01. The van der Waals surface area contributed by atoms with Gasteiger partial charge in [-0.05, 0) is 25.1 Å². The van der Waals surface area contributed by atoms with E-state index in [1.807, 2.05) is 0 Å². The summed E-state index contributed by atoms with van der Waals surface area (Å²) in [4.78, 5) is 11.9. The molecule has 1 aromatic carbocycles. The van der Waals surface area contributed by atoms with Crippen molar-refractivity contribution in [2.24, 2.45) is 0 Å². The van der Waals surface area contributed by atoms with Crippen LogP contribution in [0, 0.1) is 0 Å². The molecule has 0 heterocycles. The van der Waals surface area contributed by atoms with Gasteiger partial charge in [-0.1, -0.05) is 15.9 Å². The fourth-order valence-corrected chi connectivity index (χ4v) is 1.59. The summed E-state index contributed by atoms with van der Waals surface area (Å²) >= 11 is 3.24. The minimum absolute atomic E-state index is 0.307. The summed E-state index contributed by atoms with van der Waals surface area (Å²) in [7, 11) is 0. The first kappa shape index (κ1) is 14.0. The monoisotopic (exact) mass is 302 g/mol. The van der Waals surface area contributed by atoms with Crippen molar-refractivity contribution in [2.75, 3.05) is 18.9 Å². The molecule has 0 aliphatic rings. The van der Waals surface area contributed by atoms with Crippen LogP contribution in [0.1, 0.15) is 17.3 Å². The lowest BCUT2D eigenvalue weighted by atomic mass is 10.0. The van der Waals surface area contributed by atoms with Gasteiger partial charge in [0.2, 0.25) is 0 Å². The fraction of sp³-hybridized carbons (Fsp3) is 0.364. The summed E-state index contributed by atoms with van der Waals surface area (Å²) in [5.41, 5.74) is 5.28. The minimum atomic E-state index is -1.06. The average molecular weight is 303 g/mol. The van der Waals surface area contributed by atoms with Gasteiger partial charge in [-0.25, -0.2) is 0 Å². The van der Waals surface area contributed by atoms with Crippen LogP contribution in [0.2, 0.25) is 0 Å². The normalized spacial score (nSPS) is 11.3. The van der Waals surface area contributed by atoms with Gasteiger partial charge in [0, 0.05) is 10.2 Å². The number of amides is 1. The molecule has 1 aromatic rings. The number of nitrogen functional groups attached to an aromatic ring is 1. The lowest BCUT2D eigenvalue weighted by molar-refractivity contribution is 0.0724. The van der Waals surface area contributed by atoms with E-state index in [1.165, 1.54) is 0 Å². The van der Waals surface area contributed by atoms with Crippen molar-refractivity contribution in [2.45, 2.75) is 12.5 Å². The highest BCUT2D eigenvalue weighted by Gasteiger charge is 2.25. The van der Waals surface area contributed by atoms with Crippen LogP contribution < -0.4 is 11.1 Å². The first-order chi connectivity index (χ1) is 7.91. The Balaban J connectivity index is 2.90. The number of aliphatic hydroxyl groups is 2. The zero-order valence-corrected chi connectivity index (χ0v) is 11.0. The molecule has 0 spiro atoms. The molecule has 5 N–H and O–H groups in total. The molecular formula is C11H15BrN2O3. The Kier molecular flexibility index (Phi) is 4.50. The first-order valence-corrected chi connectivity index (χ1v) is 5.80. The van der Waals surface area contributed by atoms with Gasteiger partial charge in [0.05, 0.1) is 24.3 Å². The number of carbonyl (C=O) groups is 1. The molecule has 6 heteroatoms. The van der Waals surface area contributed by atoms with Gasteiger partial charge in [0.1, 0.15) is 0 Å². The van der Waals surface area contributed by atoms with Crippen molar-refractivity contribution in [3.05, 3.63) is 28.2 Å². The van der Waals surface area contributed by atoms with Gasteiger partial charge in [-0.15, -0.1) is 0 Å². The second-order valence-electron chi connectivity index (χ2n) is 4.06. The third-order valence-electron chi connectivity index (χ3n) is 2.37. The Bertz CT molecular complexity index is 419. The van der Waals surface area contributed by atoms with Crippen molar-refractivity contribution < 1.29 is 15.0 Å². The molecule has 0 fully saturated rings. The van der Waals surface area contributed by atoms with Crippen molar-refractivity contribution in [1.29, 1.82) is 0 Å². The van der Waals surface area contributed by atoms with Crippen LogP contribution >= 0.6 is 15.9 Å². The van der Waals surface area contributed by atoms with Crippen LogP contribution in [0.4, 0.5) is 5.69 Å². The predicted octanol–water partition coefficient (Wildman–Crippen LogP) is 0.504. The van der Waals surface area contributed by atoms with Crippen LogP contribution in [-0.2, 0) is 0 Å². The van der Waals surface area contributed by atoms with Crippen molar-refractivity contribution in [1.82, 2.24) is 5.32 Å². The van der Waals surface area contributed by atoms with Crippen molar-refractivity contribution in [3.8, 4) is 0 Å². The van der Waals surface area contributed by atoms with Gasteiger partial charge in [-0.3, -0.25) is 4.79 Å². The molecule has 0 unspecified atom stereocenters. The Hall–Kier alpha value is -1.11. The molecule has 0 aromatic heterocycles. The number of nitrogens with two attached hydrogens (primary N) is 1. The largest absolute Gasteiger partial charge is 0.398 e. The Morgan fingerprint density at radius 3 is 2.53 bits per heavy atom. The van der Waals surface area contributed by atoms with Crippen molar-refractivity contribution >= 4 is 27.5 Å². The average Bonchev–Trinajstić information content (AvgIpc) is 2.28. The molecule has 0 aliphatic carbocycles. The van der Waals surface area contributed by atoms with Gasteiger partial charge >= 0.3 is 0 Å². The minimum Gasteiger partial charge on any atom is -0.398 e. The molecule has 1 amide bonds. The lowest BCUT2D eigenvalue weighted by Crippen LogP contribution is -2.51. The number of carbonyl (C=O) groups excluding carboxylic acids is 1. The highest BCUT2D eigenvalue weighted by Crippen LogP contribution is 2.19. The van der Waals surface area contributed by atoms with Crippen LogP contribution in [-0.4, -0.2) is 34.9 Å². The summed E-state index contributed by atoms with van der Waals surface area (Å²) in [5, 5.41) is 20.7. The smallest absolute Gasteiger partial charge is 0.253 e. The Labute approximate surface area is 108 Å². The molecule has 17 heavy (non-hydrogen) atoms. The quantitative estimate of drug-likeness (QED) is 0.609. The zero-order valence-electron chi connectivity index (χ0n) is 9.40. The fourth-order valence-electron chi connectivity index (χ4n) is 1.21. The van der Waals surface area contributed by atoms with Crippen LogP contribution in [0.3, 0.4) is 0 Å². The van der Waals surface area contributed by atoms with E-state index < -0.39 is 11.4 Å². The third-order valence-corrected chi connectivity index (χ3v) is 2.86. The molecule has 0 saturated heterocycles. The summed E-state index contributed by atoms with van der Waals surface area (Å²) in [6.45, 7) is 0.831. The van der Waals surface area contributed by atoms with Gasteiger partial charge in [0.25, 0.3) is 5.91 Å². The summed E-state index contributed by atoms with van der Waals surface area (Å²) in [6.07, 6.45) is 0. The molecular weight excluding hydrogens is 288 g/mol. The number of aliphatic hydroxyl groups excluding tert-OH is 2. The molecule has 0 atom stereocenters. The number of hydrogen-bond acceptors (Lipinski definition) is 4. The standard InChI is InChI=1S/C11H15BrN2O3/c1-11(5-15,6-16)14-10(17)8-3-2-7(12)4-9(8)13/h2-4,15-16H,5-6,13H2,1H3,(H,14,17). The summed E-state index contributed by atoms with van der Waals surface area (Å²) < 4.78 is 0.777. The van der Waals surface area contributed by atoms with E-state index in [9.17, 15) is 4.79 Å². The van der Waals surface area contributed by atoms with E-state index in [4.69, 9.17) is 15.9 Å². The Morgan fingerprint density at radius 2 is 2.06 bits per heavy atom. The lowest BCUT2D eigenvalue weighted by Gasteiger charge is -2.26. The van der Waals surface area contributed by atoms with Crippen molar-refractivity contribution in [3.63, 3.8) is 0 Å². The Morgan fingerprint density at radius 1 is 1.47 bits per heavy atom. The van der Waals surface area contributed by atoms with E-state index in [-0.39, 0.29) is 13.2 Å². The second kappa shape index (κ2) is 5.48. The van der Waals surface area contributed by atoms with E-state index in [0.717, 1.165) is 4.47 Å². The molecule has 0 radical (unpaired) electrons. The maximum absolute atomic E-state index is 11.9. The SMILES string of the molecule is CC(CO)(CO)NC(=O)c1ccc(Br)cc1N. The summed E-state index contributed by atoms with van der Waals surface area (Å²) in [5.74, 6) is -0.430. The van der Waals surface area contributed by atoms with E-state index in [1.54, 1.807) is 25.1 Å². The number of benzene rings is 1. The topological polar surface area (TPSA) is 95.6 Å². The van der Waals surface area contributed by atoms with Gasteiger partial charge in [-0.2, -0.15) is 0 Å². The van der Waals surface area contributed by atoms with Crippen LogP contribution in [0.15, 0.2) is 22.7 Å². The maximum atomic E-state index is 11.9. The van der Waals surface area contributed by atoms with Crippen LogP contribution in [0.25, 0.3) is 0 Å². The molecule has 94 valence electrons. The van der Waals surface area contributed by atoms with Crippen LogP contribution in [0.5, 0.6) is 0 Å². The van der Waals surface area contributed by atoms with E-state index in [0.29, 0.717) is 11.3 Å². The maximum Gasteiger partial charge on any atom is 0.253 e. The number of halogens is 1. The van der Waals surface area contributed by atoms with E-state index >= 15 is 0 Å². The highest BCUT2D eigenvalue weighted by molar-refractivity contribution is 9.10. The van der Waals surface area contributed by atoms with E-state index in [2.05, 4.69) is 21.2 Å². The van der Waals surface area contributed by atoms with Gasteiger partial charge < -0.3 is 21.3 Å².